The molecule has 2 rings (SSSR count). The van der Waals surface area contributed by atoms with Crippen LogP contribution in [-0.4, -0.2) is 23.9 Å². The molecule has 1 fully saturated rings. The summed E-state index contributed by atoms with van der Waals surface area (Å²) >= 11 is 0. The number of nitrogen functional groups attached to an aromatic ring is 1. The van der Waals surface area contributed by atoms with Crippen molar-refractivity contribution in [2.45, 2.75) is 20.3 Å². The van der Waals surface area contributed by atoms with Crippen molar-refractivity contribution in [3.63, 3.8) is 0 Å². The second kappa shape index (κ2) is 6.10. The summed E-state index contributed by atoms with van der Waals surface area (Å²) in [7, 11) is 0. The third-order valence-corrected chi connectivity index (χ3v) is 3.61. The van der Waals surface area contributed by atoms with Crippen LogP contribution in [0.1, 0.15) is 30.6 Å². The van der Waals surface area contributed by atoms with Gasteiger partial charge < -0.3 is 10.6 Å². The van der Waals surface area contributed by atoms with Gasteiger partial charge in [-0.1, -0.05) is 13.8 Å². The Morgan fingerprint density at radius 2 is 1.94 bits per heavy atom. The molecular formula is C14H21ClN2O. The first kappa shape index (κ1) is 14.8. The molecule has 1 aliphatic heterocycles. The molecule has 1 aromatic carbocycles. The minimum atomic E-state index is 0. The van der Waals surface area contributed by atoms with Gasteiger partial charge in [-0.2, -0.15) is 0 Å². The third-order valence-electron chi connectivity index (χ3n) is 3.61. The van der Waals surface area contributed by atoms with Crippen LogP contribution >= 0.6 is 12.4 Å². The number of carbonyl (C=O) groups excluding carboxylic acids is 1. The van der Waals surface area contributed by atoms with Crippen molar-refractivity contribution in [2.24, 2.45) is 11.8 Å². The fourth-order valence-corrected chi connectivity index (χ4v) is 2.32. The van der Waals surface area contributed by atoms with Crippen molar-refractivity contribution < 1.29 is 4.79 Å². The molecule has 4 heteroatoms. The monoisotopic (exact) mass is 268 g/mol. The molecule has 1 saturated heterocycles. The smallest absolute Gasteiger partial charge is 0.253 e. The van der Waals surface area contributed by atoms with E-state index in [1.807, 2.05) is 4.90 Å². The number of nitrogens with zero attached hydrogens (tertiary/aromatic N) is 1. The quantitative estimate of drug-likeness (QED) is 0.839. The summed E-state index contributed by atoms with van der Waals surface area (Å²) in [5.41, 5.74) is 7.05. The van der Waals surface area contributed by atoms with Gasteiger partial charge in [-0.25, -0.2) is 0 Å². The van der Waals surface area contributed by atoms with Gasteiger partial charge in [0.2, 0.25) is 0 Å². The third kappa shape index (κ3) is 3.16. The number of halogens is 1. The van der Waals surface area contributed by atoms with Crippen LogP contribution in [-0.2, 0) is 0 Å². The number of hydrogen-bond acceptors (Lipinski definition) is 2. The van der Waals surface area contributed by atoms with Crippen LogP contribution in [0.4, 0.5) is 5.69 Å². The molecule has 0 spiro atoms. The molecule has 0 aromatic heterocycles. The van der Waals surface area contributed by atoms with E-state index >= 15 is 0 Å². The Bertz CT molecular complexity index is 403. The highest BCUT2D eigenvalue weighted by molar-refractivity contribution is 5.94. The number of hydrogen-bond donors (Lipinski definition) is 1. The van der Waals surface area contributed by atoms with Crippen LogP contribution in [0.15, 0.2) is 24.3 Å². The lowest BCUT2D eigenvalue weighted by atomic mass is 9.95. The molecule has 100 valence electrons. The van der Waals surface area contributed by atoms with Crippen molar-refractivity contribution in [3.05, 3.63) is 29.8 Å². The summed E-state index contributed by atoms with van der Waals surface area (Å²) in [5, 5.41) is 0. The molecule has 0 saturated carbocycles. The van der Waals surface area contributed by atoms with Crippen molar-refractivity contribution in [2.75, 3.05) is 18.8 Å². The molecule has 1 aromatic rings. The summed E-state index contributed by atoms with van der Waals surface area (Å²) in [5.74, 6) is 1.43. The zero-order valence-corrected chi connectivity index (χ0v) is 11.7. The van der Waals surface area contributed by atoms with Gasteiger partial charge in [0.1, 0.15) is 0 Å². The predicted molar refractivity (Wildman–Crippen MR) is 77.0 cm³/mol. The Hall–Kier alpha value is -1.22. The van der Waals surface area contributed by atoms with Gasteiger partial charge >= 0.3 is 0 Å². The molecular weight excluding hydrogens is 248 g/mol. The molecule has 3 nitrogen and oxygen atoms in total. The Kier molecular flexibility index (Phi) is 5.03. The highest BCUT2D eigenvalue weighted by Crippen LogP contribution is 2.24. The summed E-state index contributed by atoms with van der Waals surface area (Å²) in [6, 6.07) is 7.17. The Morgan fingerprint density at radius 3 is 2.44 bits per heavy atom. The first-order valence-electron chi connectivity index (χ1n) is 6.22. The SMILES string of the molecule is CC(C)C1CCN(C(=O)c2ccc(N)cc2)C1.Cl. The summed E-state index contributed by atoms with van der Waals surface area (Å²) in [6.07, 6.45) is 1.12. The molecule has 1 amide bonds. The van der Waals surface area contributed by atoms with Crippen LogP contribution in [0.5, 0.6) is 0 Å². The average Bonchev–Trinajstić information content (AvgIpc) is 2.78. The zero-order chi connectivity index (χ0) is 12.4. The molecule has 18 heavy (non-hydrogen) atoms. The number of rotatable bonds is 2. The largest absolute Gasteiger partial charge is 0.399 e. The topological polar surface area (TPSA) is 46.3 Å². The van der Waals surface area contributed by atoms with Crippen LogP contribution in [0, 0.1) is 11.8 Å². The number of amides is 1. The van der Waals surface area contributed by atoms with Crippen molar-refractivity contribution >= 4 is 24.0 Å². The van der Waals surface area contributed by atoms with Gasteiger partial charge in [-0.3, -0.25) is 4.79 Å². The first-order valence-corrected chi connectivity index (χ1v) is 6.22. The van der Waals surface area contributed by atoms with E-state index in [-0.39, 0.29) is 18.3 Å². The molecule has 1 aliphatic rings. The second-order valence-corrected chi connectivity index (χ2v) is 5.17. The Balaban J connectivity index is 0.00000162. The molecule has 2 N–H and O–H groups in total. The molecule has 0 aliphatic carbocycles. The Morgan fingerprint density at radius 1 is 1.33 bits per heavy atom. The van der Waals surface area contributed by atoms with E-state index in [0.29, 0.717) is 17.5 Å². The lowest BCUT2D eigenvalue weighted by Crippen LogP contribution is -2.29. The first-order chi connectivity index (χ1) is 8.08. The van der Waals surface area contributed by atoms with Gasteiger partial charge in [0.15, 0.2) is 0 Å². The number of benzene rings is 1. The Labute approximate surface area is 115 Å². The second-order valence-electron chi connectivity index (χ2n) is 5.17. The zero-order valence-electron chi connectivity index (χ0n) is 10.9. The normalized spacial score (nSPS) is 18.8. The number of carbonyl (C=O) groups is 1. The minimum Gasteiger partial charge on any atom is -0.399 e. The van der Waals surface area contributed by atoms with E-state index in [9.17, 15) is 4.79 Å². The molecule has 0 radical (unpaired) electrons. The van der Waals surface area contributed by atoms with Crippen molar-refractivity contribution in [1.82, 2.24) is 4.90 Å². The van der Waals surface area contributed by atoms with Gasteiger partial charge in [0.25, 0.3) is 5.91 Å². The lowest BCUT2D eigenvalue weighted by molar-refractivity contribution is 0.0784. The van der Waals surface area contributed by atoms with Crippen LogP contribution in [0.2, 0.25) is 0 Å². The lowest BCUT2D eigenvalue weighted by Gasteiger charge is -2.18. The fraction of sp³-hybridized carbons (Fsp3) is 0.500. The van der Waals surface area contributed by atoms with Gasteiger partial charge in [0, 0.05) is 24.3 Å². The highest BCUT2D eigenvalue weighted by Gasteiger charge is 2.28. The summed E-state index contributed by atoms with van der Waals surface area (Å²) in [4.78, 5) is 14.2. The number of likely N-dealkylation sites (tertiary alicyclic amines) is 1. The van der Waals surface area contributed by atoms with E-state index in [1.165, 1.54) is 0 Å². The molecule has 0 bridgehead atoms. The minimum absolute atomic E-state index is 0. The maximum Gasteiger partial charge on any atom is 0.253 e. The molecule has 1 unspecified atom stereocenters. The number of nitrogens with two attached hydrogens (primary N) is 1. The highest BCUT2D eigenvalue weighted by atomic mass is 35.5. The molecule has 1 heterocycles. The van der Waals surface area contributed by atoms with E-state index in [0.717, 1.165) is 25.1 Å². The van der Waals surface area contributed by atoms with Crippen LogP contribution in [0.25, 0.3) is 0 Å². The van der Waals surface area contributed by atoms with Crippen molar-refractivity contribution in [1.29, 1.82) is 0 Å². The summed E-state index contributed by atoms with van der Waals surface area (Å²) in [6.45, 7) is 6.22. The van der Waals surface area contributed by atoms with E-state index in [1.54, 1.807) is 24.3 Å². The number of anilines is 1. The van der Waals surface area contributed by atoms with E-state index in [4.69, 9.17) is 5.73 Å². The maximum atomic E-state index is 12.2. The fourth-order valence-electron chi connectivity index (χ4n) is 2.32. The maximum absolute atomic E-state index is 12.2. The van der Waals surface area contributed by atoms with Crippen LogP contribution < -0.4 is 5.73 Å². The van der Waals surface area contributed by atoms with Gasteiger partial charge in [0.05, 0.1) is 0 Å². The summed E-state index contributed by atoms with van der Waals surface area (Å²) < 4.78 is 0. The molecule has 1 atom stereocenters. The standard InChI is InChI=1S/C14H20N2O.ClH/c1-10(2)12-7-8-16(9-12)14(17)11-3-5-13(15)6-4-11;/h3-6,10,12H,7-9,15H2,1-2H3;1H. The van der Waals surface area contributed by atoms with Gasteiger partial charge in [-0.15, -0.1) is 12.4 Å². The average molecular weight is 269 g/mol. The van der Waals surface area contributed by atoms with E-state index in [2.05, 4.69) is 13.8 Å². The van der Waals surface area contributed by atoms with Crippen LogP contribution in [0.3, 0.4) is 0 Å². The van der Waals surface area contributed by atoms with Crippen molar-refractivity contribution in [3.8, 4) is 0 Å². The van der Waals surface area contributed by atoms with E-state index < -0.39 is 0 Å². The van der Waals surface area contributed by atoms with Gasteiger partial charge in [-0.05, 0) is 42.5 Å². The predicted octanol–water partition coefficient (Wildman–Crippen LogP) is 2.81.